The van der Waals surface area contributed by atoms with E-state index in [1.54, 1.807) is 0 Å². The number of nitrogens with zero attached hydrogens (tertiary/aromatic N) is 1. The van der Waals surface area contributed by atoms with Gasteiger partial charge in [0.05, 0.1) is 30.3 Å². The lowest BCUT2D eigenvalue weighted by Crippen LogP contribution is -2.11. The maximum Gasteiger partial charge on any atom is 0.279 e. The van der Waals surface area contributed by atoms with Gasteiger partial charge in [-0.3, -0.25) is 15.5 Å². The number of aromatic hydroxyl groups is 1. The van der Waals surface area contributed by atoms with Crippen LogP contribution in [-0.4, -0.2) is 35.1 Å². The molecule has 2 rings (SSSR count). The second-order valence-corrected chi connectivity index (χ2v) is 4.59. The van der Waals surface area contributed by atoms with Gasteiger partial charge in [-0.2, -0.15) is 0 Å². The molecule has 0 bridgehead atoms. The summed E-state index contributed by atoms with van der Waals surface area (Å²) >= 11 is 0. The Morgan fingerprint density at radius 1 is 1.22 bits per heavy atom. The molecule has 0 spiro atoms. The van der Waals surface area contributed by atoms with E-state index in [1.807, 2.05) is 0 Å². The molecule has 0 amide bonds. The first-order valence-corrected chi connectivity index (χ1v) is 6.40. The molecule has 1 aliphatic rings. The van der Waals surface area contributed by atoms with Crippen molar-refractivity contribution in [3.05, 3.63) is 57.0 Å². The third-order valence-corrected chi connectivity index (χ3v) is 3.19. The number of phenols is 1. The first kappa shape index (κ1) is 16.1. The van der Waals surface area contributed by atoms with Crippen molar-refractivity contribution in [1.29, 1.82) is 5.41 Å². The van der Waals surface area contributed by atoms with Crippen molar-refractivity contribution in [2.45, 2.75) is 0 Å². The molecular formula is C15H14N2O6. The van der Waals surface area contributed by atoms with E-state index in [9.17, 15) is 20.3 Å². The molecule has 0 aromatic heterocycles. The van der Waals surface area contributed by atoms with Gasteiger partial charge < -0.3 is 19.7 Å². The van der Waals surface area contributed by atoms with Crippen molar-refractivity contribution in [3.8, 4) is 17.2 Å². The highest BCUT2D eigenvalue weighted by Crippen LogP contribution is 2.36. The molecule has 0 atom stereocenters. The van der Waals surface area contributed by atoms with E-state index >= 15 is 0 Å². The van der Waals surface area contributed by atoms with E-state index < -0.39 is 10.7 Å². The first-order chi connectivity index (χ1) is 10.9. The normalized spacial score (nSPS) is 15.9. The Bertz CT molecular complexity index is 776. The Balaban J connectivity index is 2.62. The molecule has 1 aliphatic carbocycles. The molecule has 120 valence electrons. The van der Waals surface area contributed by atoms with E-state index in [2.05, 4.69) is 0 Å². The van der Waals surface area contributed by atoms with E-state index in [1.165, 1.54) is 32.4 Å². The predicted molar refractivity (Wildman–Crippen MR) is 82.7 cm³/mol. The fourth-order valence-corrected chi connectivity index (χ4v) is 2.04. The zero-order valence-electron chi connectivity index (χ0n) is 12.4. The number of benzene rings is 1. The zero-order valence-corrected chi connectivity index (χ0v) is 12.4. The molecule has 0 radical (unpaired) electrons. The van der Waals surface area contributed by atoms with Gasteiger partial charge in [0.25, 0.3) is 5.70 Å². The smallest absolute Gasteiger partial charge is 0.279 e. The third kappa shape index (κ3) is 3.15. The number of nitro groups is 1. The first-order valence-electron chi connectivity index (χ1n) is 6.40. The quantitative estimate of drug-likeness (QED) is 0.578. The number of rotatable bonds is 4. The van der Waals surface area contributed by atoms with Crippen molar-refractivity contribution in [2.75, 3.05) is 14.2 Å². The second-order valence-electron chi connectivity index (χ2n) is 4.59. The number of allylic oxidation sites excluding steroid dienone is 2. The summed E-state index contributed by atoms with van der Waals surface area (Å²) in [5.74, 6) is -0.0142. The molecule has 0 unspecified atom stereocenters. The monoisotopic (exact) mass is 318 g/mol. The Labute approximate surface area is 131 Å². The number of methoxy groups -OCH3 is 2. The molecular weight excluding hydrogens is 304 g/mol. The van der Waals surface area contributed by atoms with Crippen LogP contribution in [0.1, 0.15) is 5.56 Å². The minimum absolute atomic E-state index is 0.0299. The number of hydrogen-bond donors (Lipinski definition) is 3. The van der Waals surface area contributed by atoms with Crippen LogP contribution in [0, 0.1) is 15.5 Å². The lowest BCUT2D eigenvalue weighted by molar-refractivity contribution is -0.420. The van der Waals surface area contributed by atoms with Crippen LogP contribution < -0.4 is 9.47 Å². The minimum atomic E-state index is -0.670. The van der Waals surface area contributed by atoms with Gasteiger partial charge in [0, 0.05) is 18.2 Å². The average molecular weight is 318 g/mol. The number of nitrogens with one attached hydrogen (secondary N) is 1. The summed E-state index contributed by atoms with van der Waals surface area (Å²) in [4.78, 5) is 10.5. The van der Waals surface area contributed by atoms with Gasteiger partial charge in [0.15, 0.2) is 0 Å². The molecule has 0 saturated carbocycles. The fourth-order valence-electron chi connectivity index (χ4n) is 2.04. The van der Waals surface area contributed by atoms with Crippen LogP contribution in [-0.2, 0) is 0 Å². The second kappa shape index (κ2) is 6.22. The van der Waals surface area contributed by atoms with Crippen molar-refractivity contribution in [1.82, 2.24) is 0 Å². The molecule has 1 aromatic carbocycles. The Kier molecular flexibility index (Phi) is 4.35. The molecule has 23 heavy (non-hydrogen) atoms. The predicted octanol–water partition coefficient (Wildman–Crippen LogP) is 2.43. The van der Waals surface area contributed by atoms with E-state index in [4.69, 9.17) is 14.9 Å². The Morgan fingerprint density at radius 2 is 1.91 bits per heavy atom. The maximum absolute atomic E-state index is 11.1. The van der Waals surface area contributed by atoms with Gasteiger partial charge in [0.2, 0.25) is 0 Å². The minimum Gasteiger partial charge on any atom is -0.507 e. The highest BCUT2D eigenvalue weighted by molar-refractivity contribution is 6.07. The number of hydrogen-bond acceptors (Lipinski definition) is 7. The Morgan fingerprint density at radius 3 is 2.48 bits per heavy atom. The molecule has 8 heteroatoms. The van der Waals surface area contributed by atoms with Gasteiger partial charge in [0.1, 0.15) is 28.7 Å². The van der Waals surface area contributed by atoms with Crippen molar-refractivity contribution in [3.63, 3.8) is 0 Å². The lowest BCUT2D eigenvalue weighted by Gasteiger charge is -2.12. The van der Waals surface area contributed by atoms with Crippen molar-refractivity contribution in [2.24, 2.45) is 0 Å². The van der Waals surface area contributed by atoms with Crippen LogP contribution in [0.5, 0.6) is 17.2 Å². The summed E-state index contributed by atoms with van der Waals surface area (Å²) in [6, 6.07) is 2.84. The molecule has 3 N–H and O–H groups in total. The standard InChI is InChI=1S/C15H14N2O6/c1-22-9-5-13(18)10(15(6-9)23-2)3-8-4-14(19)11(16)7-12(8)17(20)21/h3-7,16,18-19H,1-2H3. The average Bonchev–Trinajstić information content (AvgIpc) is 2.51. The summed E-state index contributed by atoms with van der Waals surface area (Å²) in [6.45, 7) is 0. The van der Waals surface area contributed by atoms with Gasteiger partial charge in [-0.25, -0.2) is 0 Å². The van der Waals surface area contributed by atoms with Crippen LogP contribution in [0.15, 0.2) is 41.3 Å². The van der Waals surface area contributed by atoms with E-state index in [0.717, 1.165) is 12.2 Å². The van der Waals surface area contributed by atoms with Crippen LogP contribution in [0.25, 0.3) is 6.08 Å². The summed E-state index contributed by atoms with van der Waals surface area (Å²) in [6.07, 6.45) is 3.32. The number of aliphatic hydroxyl groups excluding tert-OH is 1. The maximum atomic E-state index is 11.1. The number of aliphatic hydroxyl groups is 1. The van der Waals surface area contributed by atoms with Crippen molar-refractivity contribution < 1.29 is 24.6 Å². The van der Waals surface area contributed by atoms with Gasteiger partial charge in [-0.15, -0.1) is 0 Å². The third-order valence-electron chi connectivity index (χ3n) is 3.19. The highest BCUT2D eigenvalue weighted by atomic mass is 16.6. The van der Waals surface area contributed by atoms with Gasteiger partial charge >= 0.3 is 0 Å². The van der Waals surface area contributed by atoms with E-state index in [-0.39, 0.29) is 34.0 Å². The molecule has 0 aliphatic heterocycles. The topological polar surface area (TPSA) is 126 Å². The summed E-state index contributed by atoms with van der Waals surface area (Å²) in [7, 11) is 2.80. The SMILES string of the molecule is COc1cc(O)c(C=C2C=C(O)C(=N)C=C2[N+](=O)[O-])c(OC)c1. The van der Waals surface area contributed by atoms with Crippen LogP contribution in [0.3, 0.4) is 0 Å². The molecule has 1 aromatic rings. The fraction of sp³-hybridized carbons (Fsp3) is 0.133. The lowest BCUT2D eigenvalue weighted by atomic mass is 9.99. The van der Waals surface area contributed by atoms with Crippen LogP contribution >= 0.6 is 0 Å². The van der Waals surface area contributed by atoms with Crippen LogP contribution in [0.4, 0.5) is 0 Å². The van der Waals surface area contributed by atoms with E-state index in [0.29, 0.717) is 5.75 Å². The molecule has 8 nitrogen and oxygen atoms in total. The zero-order chi connectivity index (χ0) is 17.1. The number of phenolic OH excluding ortho intramolecular Hbond substituents is 1. The highest BCUT2D eigenvalue weighted by Gasteiger charge is 2.24. The van der Waals surface area contributed by atoms with Gasteiger partial charge in [-0.05, 0) is 12.2 Å². The number of ether oxygens (including phenoxy) is 2. The summed E-state index contributed by atoms with van der Waals surface area (Å²) < 4.78 is 10.2. The molecule has 0 heterocycles. The summed E-state index contributed by atoms with van der Waals surface area (Å²) in [5.41, 5.74) is -0.513. The van der Waals surface area contributed by atoms with Crippen LogP contribution in [0.2, 0.25) is 0 Å². The van der Waals surface area contributed by atoms with Gasteiger partial charge in [-0.1, -0.05) is 0 Å². The largest absolute Gasteiger partial charge is 0.507 e. The summed E-state index contributed by atoms with van der Waals surface area (Å²) in [5, 5.41) is 38.3. The molecule has 0 fully saturated rings. The molecule has 0 saturated heterocycles. The van der Waals surface area contributed by atoms with Crippen molar-refractivity contribution >= 4 is 11.8 Å². The Hall–Kier alpha value is -3.29.